The Morgan fingerprint density at radius 2 is 1.93 bits per heavy atom. The van der Waals surface area contributed by atoms with E-state index in [1.165, 1.54) is 19.1 Å². The van der Waals surface area contributed by atoms with Gasteiger partial charge in [0.15, 0.2) is 6.29 Å². The van der Waals surface area contributed by atoms with Gasteiger partial charge in [0.25, 0.3) is 0 Å². The number of benzene rings is 1. The molecule has 1 aliphatic rings. The molecule has 1 saturated heterocycles. The molecule has 10 nitrogen and oxygen atoms in total. The number of hydrogen-bond donors (Lipinski definition) is 4. The predicted octanol–water partition coefficient (Wildman–Crippen LogP) is 0.00610. The first-order chi connectivity index (χ1) is 12.9. The second kappa shape index (κ2) is 10.2. The van der Waals surface area contributed by atoms with Crippen LogP contribution in [0.2, 0.25) is 0 Å². The van der Waals surface area contributed by atoms with E-state index in [0.29, 0.717) is 5.69 Å². The normalized spacial score (nSPS) is 24.9. The lowest BCUT2D eigenvalue weighted by atomic mass is 10.0. The summed E-state index contributed by atoms with van der Waals surface area (Å²) < 4.78 is 20.3. The van der Waals surface area contributed by atoms with Gasteiger partial charge in [0, 0.05) is 19.0 Å². The molecule has 0 spiro atoms. The summed E-state index contributed by atoms with van der Waals surface area (Å²) in [4.78, 5) is 22.5. The lowest BCUT2D eigenvalue weighted by molar-refractivity contribution is -0.272. The van der Waals surface area contributed by atoms with Crippen molar-refractivity contribution in [1.29, 1.82) is 0 Å². The molecule has 150 valence electrons. The second-order valence-electron chi connectivity index (χ2n) is 5.88. The quantitative estimate of drug-likeness (QED) is 0.290. The summed E-state index contributed by atoms with van der Waals surface area (Å²) in [5.41, 5.74) is 0.561. The van der Waals surface area contributed by atoms with Gasteiger partial charge in [0.1, 0.15) is 18.5 Å². The van der Waals surface area contributed by atoms with Crippen LogP contribution in [-0.2, 0) is 19.0 Å². The van der Waals surface area contributed by atoms with E-state index in [1.54, 1.807) is 12.1 Å². The third-order valence-electron chi connectivity index (χ3n) is 3.67. The lowest BCUT2D eigenvalue weighted by Crippen LogP contribution is -2.50. The fourth-order valence-electron chi connectivity index (χ4n) is 2.40. The van der Waals surface area contributed by atoms with Gasteiger partial charge in [-0.1, -0.05) is 0 Å². The maximum Gasteiger partial charge on any atom is 0.513 e. The van der Waals surface area contributed by atoms with Crippen LogP contribution in [0.3, 0.4) is 0 Å². The molecule has 1 aromatic carbocycles. The zero-order valence-corrected chi connectivity index (χ0v) is 14.7. The fourth-order valence-corrected chi connectivity index (χ4v) is 2.40. The van der Waals surface area contributed by atoms with Crippen molar-refractivity contribution >= 4 is 17.7 Å². The highest BCUT2D eigenvalue weighted by Gasteiger charge is 2.37. The lowest BCUT2D eigenvalue weighted by Gasteiger charge is -2.36. The molecule has 4 N–H and O–H groups in total. The maximum atomic E-state index is 11.6. The third kappa shape index (κ3) is 6.77. The first kappa shape index (κ1) is 21.1. The largest absolute Gasteiger partial charge is 0.513 e. The molecule has 1 fully saturated rings. The summed E-state index contributed by atoms with van der Waals surface area (Å²) in [6.07, 6.45) is -4.97. The highest BCUT2D eigenvalue weighted by atomic mass is 16.7. The van der Waals surface area contributed by atoms with Gasteiger partial charge in [-0.15, -0.1) is 0 Å². The first-order valence-electron chi connectivity index (χ1n) is 8.35. The molecule has 0 bridgehead atoms. The van der Waals surface area contributed by atoms with Crippen LogP contribution in [0.25, 0.3) is 0 Å². The van der Waals surface area contributed by atoms with E-state index in [0.717, 1.165) is 0 Å². The highest BCUT2D eigenvalue weighted by Crippen LogP contribution is 2.21. The monoisotopic (exact) mass is 385 g/mol. The van der Waals surface area contributed by atoms with Gasteiger partial charge in [-0.05, 0) is 24.3 Å². The second-order valence-corrected chi connectivity index (χ2v) is 5.88. The molecule has 1 aromatic rings. The predicted molar refractivity (Wildman–Crippen MR) is 91.1 cm³/mol. The zero-order chi connectivity index (χ0) is 19.8. The number of carbonyl (C=O) groups is 2. The van der Waals surface area contributed by atoms with E-state index in [1.807, 2.05) is 0 Å². The van der Waals surface area contributed by atoms with E-state index in [9.17, 15) is 19.8 Å². The highest BCUT2D eigenvalue weighted by molar-refractivity contribution is 5.88. The summed E-state index contributed by atoms with van der Waals surface area (Å²) >= 11 is 0. The smallest absolute Gasteiger partial charge is 0.432 e. The van der Waals surface area contributed by atoms with Gasteiger partial charge in [-0.2, -0.15) is 0 Å². The SMILES string of the molecule is CC(=O)Nc1ccc(OC(=O)OCCOC2OC(CO)CC(O)C2O)cc1. The van der Waals surface area contributed by atoms with Crippen molar-refractivity contribution in [1.82, 2.24) is 0 Å². The summed E-state index contributed by atoms with van der Waals surface area (Å²) in [6.45, 7) is 0.789. The van der Waals surface area contributed by atoms with E-state index < -0.39 is 30.8 Å². The minimum absolute atomic E-state index is 0.0983. The van der Waals surface area contributed by atoms with Crippen LogP contribution in [0.4, 0.5) is 10.5 Å². The standard InChI is InChI=1S/C17H23NO9/c1-10(20)18-11-2-4-12(5-3-11)27-17(23)25-7-6-24-16-15(22)14(21)8-13(9-19)26-16/h2-5,13-16,19,21-22H,6-9H2,1H3,(H,18,20). The van der Waals surface area contributed by atoms with Crippen molar-refractivity contribution in [3.05, 3.63) is 24.3 Å². The Labute approximate surface area is 155 Å². The minimum atomic E-state index is -1.26. The van der Waals surface area contributed by atoms with Crippen LogP contribution in [0.1, 0.15) is 13.3 Å². The van der Waals surface area contributed by atoms with Crippen LogP contribution in [0, 0.1) is 0 Å². The Bertz CT molecular complexity index is 621. The molecule has 0 aliphatic carbocycles. The zero-order valence-electron chi connectivity index (χ0n) is 14.7. The summed E-state index contributed by atoms with van der Waals surface area (Å²) in [5.74, 6) is 0.0166. The maximum absolute atomic E-state index is 11.6. The molecule has 1 aliphatic heterocycles. The van der Waals surface area contributed by atoms with Crippen molar-refractivity contribution in [2.45, 2.75) is 37.9 Å². The first-order valence-corrected chi connectivity index (χ1v) is 8.35. The Morgan fingerprint density at radius 3 is 2.56 bits per heavy atom. The Morgan fingerprint density at radius 1 is 1.22 bits per heavy atom. The topological polar surface area (TPSA) is 144 Å². The average Bonchev–Trinajstić information content (AvgIpc) is 2.63. The number of amides is 1. The van der Waals surface area contributed by atoms with Gasteiger partial charge in [0.2, 0.25) is 5.91 Å². The Hall–Kier alpha value is -2.24. The number of anilines is 1. The van der Waals surface area contributed by atoms with E-state index in [2.05, 4.69) is 5.32 Å². The van der Waals surface area contributed by atoms with E-state index in [4.69, 9.17) is 24.1 Å². The van der Waals surface area contributed by atoms with Crippen LogP contribution >= 0.6 is 0 Å². The Kier molecular flexibility index (Phi) is 7.95. The Balaban J connectivity index is 1.69. The molecular weight excluding hydrogens is 362 g/mol. The molecular formula is C17H23NO9. The molecule has 1 heterocycles. The number of aliphatic hydroxyl groups excluding tert-OH is 3. The van der Waals surface area contributed by atoms with Gasteiger partial charge in [0.05, 0.1) is 25.4 Å². The van der Waals surface area contributed by atoms with Crippen LogP contribution < -0.4 is 10.1 Å². The number of ether oxygens (including phenoxy) is 4. The van der Waals surface area contributed by atoms with Crippen LogP contribution in [-0.4, -0.2) is 71.8 Å². The summed E-state index contributed by atoms with van der Waals surface area (Å²) in [5, 5.41) is 31.1. The molecule has 10 heteroatoms. The van der Waals surface area contributed by atoms with Crippen molar-refractivity contribution in [2.24, 2.45) is 0 Å². The molecule has 0 saturated carbocycles. The summed E-state index contributed by atoms with van der Waals surface area (Å²) in [6, 6.07) is 6.12. The van der Waals surface area contributed by atoms with E-state index in [-0.39, 0.29) is 37.9 Å². The van der Waals surface area contributed by atoms with Crippen molar-refractivity contribution in [3.63, 3.8) is 0 Å². The number of hydrogen-bond acceptors (Lipinski definition) is 9. The van der Waals surface area contributed by atoms with Gasteiger partial charge < -0.3 is 39.6 Å². The van der Waals surface area contributed by atoms with Crippen molar-refractivity contribution < 1.29 is 43.9 Å². The van der Waals surface area contributed by atoms with Crippen LogP contribution in [0.5, 0.6) is 5.75 Å². The fraction of sp³-hybridized carbons (Fsp3) is 0.529. The minimum Gasteiger partial charge on any atom is -0.432 e. The molecule has 1 amide bonds. The number of rotatable bonds is 7. The number of carbonyl (C=O) groups excluding carboxylic acids is 2. The molecule has 0 radical (unpaired) electrons. The van der Waals surface area contributed by atoms with Crippen molar-refractivity contribution in [3.8, 4) is 5.75 Å². The van der Waals surface area contributed by atoms with Gasteiger partial charge in [-0.25, -0.2) is 4.79 Å². The van der Waals surface area contributed by atoms with E-state index >= 15 is 0 Å². The third-order valence-corrected chi connectivity index (χ3v) is 3.67. The molecule has 4 unspecified atom stereocenters. The average molecular weight is 385 g/mol. The van der Waals surface area contributed by atoms with Crippen LogP contribution in [0.15, 0.2) is 24.3 Å². The van der Waals surface area contributed by atoms with Gasteiger partial charge >= 0.3 is 6.16 Å². The van der Waals surface area contributed by atoms with Gasteiger partial charge in [-0.3, -0.25) is 4.79 Å². The molecule has 2 rings (SSSR count). The molecule has 27 heavy (non-hydrogen) atoms. The van der Waals surface area contributed by atoms with Crippen molar-refractivity contribution in [2.75, 3.05) is 25.1 Å². The molecule has 0 aromatic heterocycles. The number of nitrogens with one attached hydrogen (secondary N) is 1. The molecule has 4 atom stereocenters. The number of aliphatic hydroxyl groups is 3. The summed E-state index contributed by atoms with van der Waals surface area (Å²) in [7, 11) is 0.